The fourth-order valence-corrected chi connectivity index (χ4v) is 1.68. The highest BCUT2D eigenvalue weighted by Crippen LogP contribution is 2.30. The van der Waals surface area contributed by atoms with Crippen molar-refractivity contribution in [2.24, 2.45) is 5.92 Å². The Bertz CT molecular complexity index is 429. The number of aromatic nitrogens is 1. The van der Waals surface area contributed by atoms with Crippen LogP contribution in [0.1, 0.15) is 44.6 Å². The fourth-order valence-electron chi connectivity index (χ4n) is 1.68. The molecule has 1 atom stereocenters. The largest absolute Gasteiger partial charge is 0.310 e. The molecule has 0 radical (unpaired) electrons. The molecule has 1 amide bonds. The first-order valence-electron chi connectivity index (χ1n) is 6.09. The number of amides is 1. The van der Waals surface area contributed by atoms with E-state index in [1.54, 1.807) is 12.1 Å². The van der Waals surface area contributed by atoms with E-state index in [0.29, 0.717) is 11.4 Å². The van der Waals surface area contributed by atoms with Crippen molar-refractivity contribution in [2.45, 2.75) is 39.0 Å². The average Bonchev–Trinajstić information content (AvgIpc) is 3.12. The minimum absolute atomic E-state index is 0.0480. The Hall–Kier alpha value is -1.45. The quantitative estimate of drug-likeness (QED) is 0.816. The van der Waals surface area contributed by atoms with Gasteiger partial charge in [0.15, 0.2) is 0 Å². The molecule has 4 heteroatoms. The summed E-state index contributed by atoms with van der Waals surface area (Å²) in [6.45, 7) is 3.97. The van der Waals surface area contributed by atoms with Crippen LogP contribution >= 0.6 is 0 Å². The normalized spacial score (nSPS) is 16.6. The van der Waals surface area contributed by atoms with Crippen LogP contribution in [0.4, 0.5) is 10.2 Å². The predicted molar refractivity (Wildman–Crippen MR) is 64.3 cm³/mol. The smallest absolute Gasteiger partial charge is 0.228 e. The van der Waals surface area contributed by atoms with Crippen LogP contribution in [0.5, 0.6) is 0 Å². The summed E-state index contributed by atoms with van der Waals surface area (Å²) >= 11 is 0. The standard InChI is InChI=1S/C13H17FN2O/c1-3-8(2)10-6-7-11(15-12(10)14)16-13(17)9-4-5-9/h6-9H,3-5H2,1-2H3,(H,15,16,17). The third-order valence-corrected chi connectivity index (χ3v) is 3.22. The first kappa shape index (κ1) is 12.0. The highest BCUT2D eigenvalue weighted by atomic mass is 19.1. The van der Waals surface area contributed by atoms with Crippen molar-refractivity contribution < 1.29 is 9.18 Å². The molecule has 1 heterocycles. The monoisotopic (exact) mass is 236 g/mol. The van der Waals surface area contributed by atoms with E-state index in [0.717, 1.165) is 19.3 Å². The maximum absolute atomic E-state index is 13.7. The average molecular weight is 236 g/mol. The molecule has 0 aliphatic heterocycles. The number of halogens is 1. The van der Waals surface area contributed by atoms with Gasteiger partial charge < -0.3 is 5.32 Å². The second-order valence-electron chi connectivity index (χ2n) is 4.65. The van der Waals surface area contributed by atoms with Crippen molar-refractivity contribution in [3.05, 3.63) is 23.6 Å². The molecule has 1 aliphatic carbocycles. The summed E-state index contributed by atoms with van der Waals surface area (Å²) in [5, 5.41) is 2.64. The molecule has 2 rings (SSSR count). The molecule has 1 aromatic heterocycles. The van der Waals surface area contributed by atoms with Gasteiger partial charge in [-0.2, -0.15) is 4.39 Å². The predicted octanol–water partition coefficient (Wildman–Crippen LogP) is 3.08. The second kappa shape index (κ2) is 4.82. The molecule has 3 nitrogen and oxygen atoms in total. The van der Waals surface area contributed by atoms with Crippen LogP contribution in [0.15, 0.2) is 12.1 Å². The van der Waals surface area contributed by atoms with Gasteiger partial charge in [-0.1, -0.05) is 19.9 Å². The molecule has 1 unspecified atom stereocenters. The highest BCUT2D eigenvalue weighted by Gasteiger charge is 2.29. The van der Waals surface area contributed by atoms with E-state index in [4.69, 9.17) is 0 Å². The Balaban J connectivity index is 2.09. The molecule has 1 fully saturated rings. The van der Waals surface area contributed by atoms with Crippen molar-refractivity contribution >= 4 is 11.7 Å². The van der Waals surface area contributed by atoms with E-state index >= 15 is 0 Å². The van der Waals surface area contributed by atoms with E-state index in [9.17, 15) is 9.18 Å². The SMILES string of the molecule is CCC(C)c1ccc(NC(=O)C2CC2)nc1F. The van der Waals surface area contributed by atoms with Crippen molar-refractivity contribution in [1.82, 2.24) is 4.98 Å². The Labute approximate surface area is 100 Å². The summed E-state index contributed by atoms with van der Waals surface area (Å²) in [6.07, 6.45) is 2.73. The molecule has 1 aliphatic rings. The van der Waals surface area contributed by atoms with E-state index in [1.165, 1.54) is 0 Å². The zero-order valence-electron chi connectivity index (χ0n) is 10.2. The van der Waals surface area contributed by atoms with Crippen molar-refractivity contribution in [3.63, 3.8) is 0 Å². The molecule has 1 saturated carbocycles. The third kappa shape index (κ3) is 2.81. The minimum atomic E-state index is -0.479. The molecule has 0 saturated heterocycles. The van der Waals surface area contributed by atoms with Gasteiger partial charge in [-0.3, -0.25) is 4.79 Å². The van der Waals surface area contributed by atoms with Crippen molar-refractivity contribution in [3.8, 4) is 0 Å². The lowest BCUT2D eigenvalue weighted by atomic mass is 10.0. The zero-order valence-corrected chi connectivity index (χ0v) is 10.2. The number of rotatable bonds is 4. The summed E-state index contributed by atoms with van der Waals surface area (Å²) in [6, 6.07) is 3.38. The Morgan fingerprint density at radius 1 is 1.59 bits per heavy atom. The number of carbonyl (C=O) groups is 1. The molecule has 1 aromatic rings. The number of hydrogen-bond acceptors (Lipinski definition) is 2. The number of nitrogens with zero attached hydrogens (tertiary/aromatic N) is 1. The van der Waals surface area contributed by atoms with Gasteiger partial charge in [-0.15, -0.1) is 0 Å². The summed E-state index contributed by atoms with van der Waals surface area (Å²) in [5.74, 6) is 0.0392. The molecule has 0 aromatic carbocycles. The lowest BCUT2D eigenvalue weighted by Gasteiger charge is -2.11. The van der Waals surface area contributed by atoms with Gasteiger partial charge in [0, 0.05) is 11.5 Å². The molecular weight excluding hydrogens is 219 g/mol. The van der Waals surface area contributed by atoms with Crippen LogP contribution < -0.4 is 5.32 Å². The number of pyridine rings is 1. The van der Waals surface area contributed by atoms with Crippen LogP contribution in [0.3, 0.4) is 0 Å². The third-order valence-electron chi connectivity index (χ3n) is 3.22. The highest BCUT2D eigenvalue weighted by molar-refractivity contribution is 5.93. The van der Waals surface area contributed by atoms with Gasteiger partial charge in [-0.05, 0) is 31.2 Å². The van der Waals surface area contributed by atoms with E-state index < -0.39 is 5.95 Å². The van der Waals surface area contributed by atoms with E-state index in [-0.39, 0.29) is 17.7 Å². The van der Waals surface area contributed by atoms with E-state index in [1.807, 2.05) is 13.8 Å². The number of carbonyl (C=O) groups excluding carboxylic acids is 1. The summed E-state index contributed by atoms with van der Waals surface area (Å²) in [7, 11) is 0. The lowest BCUT2D eigenvalue weighted by Crippen LogP contribution is -2.15. The number of nitrogens with one attached hydrogen (secondary N) is 1. The maximum Gasteiger partial charge on any atom is 0.228 e. The Morgan fingerprint density at radius 2 is 2.29 bits per heavy atom. The van der Waals surface area contributed by atoms with Crippen LogP contribution in [0.2, 0.25) is 0 Å². The Morgan fingerprint density at radius 3 is 2.82 bits per heavy atom. The van der Waals surface area contributed by atoms with Gasteiger partial charge >= 0.3 is 0 Å². The fraction of sp³-hybridized carbons (Fsp3) is 0.538. The van der Waals surface area contributed by atoms with Crippen LogP contribution in [0, 0.1) is 11.9 Å². The van der Waals surface area contributed by atoms with Crippen LogP contribution in [-0.2, 0) is 4.79 Å². The molecular formula is C13H17FN2O. The Kier molecular flexibility index (Phi) is 3.41. The summed E-state index contributed by atoms with van der Waals surface area (Å²) < 4.78 is 13.7. The molecule has 1 N–H and O–H groups in total. The zero-order chi connectivity index (χ0) is 12.4. The lowest BCUT2D eigenvalue weighted by molar-refractivity contribution is -0.117. The topological polar surface area (TPSA) is 42.0 Å². The number of anilines is 1. The van der Waals surface area contributed by atoms with Crippen molar-refractivity contribution in [2.75, 3.05) is 5.32 Å². The van der Waals surface area contributed by atoms with Crippen LogP contribution in [-0.4, -0.2) is 10.9 Å². The maximum atomic E-state index is 13.7. The molecule has 17 heavy (non-hydrogen) atoms. The minimum Gasteiger partial charge on any atom is -0.310 e. The van der Waals surface area contributed by atoms with Gasteiger partial charge in [0.25, 0.3) is 0 Å². The van der Waals surface area contributed by atoms with Crippen molar-refractivity contribution in [1.29, 1.82) is 0 Å². The molecule has 92 valence electrons. The van der Waals surface area contributed by atoms with E-state index in [2.05, 4.69) is 10.3 Å². The van der Waals surface area contributed by atoms with Crippen LogP contribution in [0.25, 0.3) is 0 Å². The first-order valence-corrected chi connectivity index (χ1v) is 6.09. The van der Waals surface area contributed by atoms with Gasteiger partial charge in [0.2, 0.25) is 11.9 Å². The molecule has 0 bridgehead atoms. The van der Waals surface area contributed by atoms with Gasteiger partial charge in [0.05, 0.1) is 0 Å². The number of hydrogen-bond donors (Lipinski definition) is 1. The first-order chi connectivity index (χ1) is 8.11. The summed E-state index contributed by atoms with van der Waals surface area (Å²) in [5.41, 5.74) is 0.608. The molecule has 0 spiro atoms. The second-order valence-corrected chi connectivity index (χ2v) is 4.65. The van der Waals surface area contributed by atoms with Gasteiger partial charge in [-0.25, -0.2) is 4.98 Å². The summed E-state index contributed by atoms with van der Waals surface area (Å²) in [4.78, 5) is 15.3. The van der Waals surface area contributed by atoms with Gasteiger partial charge in [0.1, 0.15) is 5.82 Å².